The van der Waals surface area contributed by atoms with Crippen molar-refractivity contribution in [1.82, 2.24) is 0 Å². The fraction of sp³-hybridized carbons (Fsp3) is 0.778. The summed E-state index contributed by atoms with van der Waals surface area (Å²) in [7, 11) is 0. The molecule has 1 heteroatoms. The minimum atomic E-state index is -2.63. The van der Waals surface area contributed by atoms with Gasteiger partial charge in [0.1, 0.15) is 1.37 Å². The Bertz CT molecular complexity index is 257. The largest absolute Gasteiger partial charge is 0.516 e. The highest BCUT2D eigenvalue weighted by Crippen LogP contribution is 2.04. The molecule has 0 aromatic heterocycles. The van der Waals surface area contributed by atoms with Gasteiger partial charge in [-0.3, -0.25) is 0 Å². The average molecular weight is 148 g/mol. The molecule has 0 aromatic rings. The van der Waals surface area contributed by atoms with Crippen molar-refractivity contribution < 1.29 is 13.3 Å². The van der Waals surface area contributed by atoms with Gasteiger partial charge in [-0.25, -0.2) is 0 Å². The van der Waals surface area contributed by atoms with Crippen molar-refractivity contribution in [3.05, 3.63) is 12.3 Å². The van der Waals surface area contributed by atoms with E-state index in [0.717, 1.165) is 12.8 Å². The number of allylic oxidation sites excluding steroid dienone is 1. The molecule has 0 aliphatic carbocycles. The first-order chi connectivity index (χ1) is 7.16. The third-order valence-electron chi connectivity index (χ3n) is 1.11. The molecule has 0 rings (SSSR count). The van der Waals surface area contributed by atoms with Crippen molar-refractivity contribution in [1.29, 1.82) is 0 Å². The van der Waals surface area contributed by atoms with E-state index in [1.807, 2.05) is 6.92 Å². The van der Waals surface area contributed by atoms with Crippen LogP contribution in [0.5, 0.6) is 0 Å². The Kier molecular flexibility index (Phi) is 2.81. The molecule has 0 heterocycles. The summed E-state index contributed by atoms with van der Waals surface area (Å²) in [5.41, 5.74) is 0. The highest BCUT2D eigenvalue weighted by molar-refractivity contribution is 4.70. The Hall–Kier alpha value is -0.460. The Balaban J connectivity index is 4.78. The fourth-order valence-electron chi connectivity index (χ4n) is 0.598. The molecule has 0 aliphatic heterocycles. The lowest BCUT2D eigenvalue weighted by atomic mass is 10.1. The lowest BCUT2D eigenvalue weighted by Crippen LogP contribution is -1.75. The first-order valence-corrected chi connectivity index (χ1v) is 3.53. The maximum atomic E-state index is 8.74. The Morgan fingerprint density at radius 2 is 2.30 bits per heavy atom. The summed E-state index contributed by atoms with van der Waals surface area (Å²) in [6, 6.07) is -1.01. The van der Waals surface area contributed by atoms with Crippen LogP contribution in [0.3, 0.4) is 0 Å². The van der Waals surface area contributed by atoms with Gasteiger partial charge in [-0.2, -0.15) is 0 Å². The molecule has 1 N–H and O–H groups in total. The van der Waals surface area contributed by atoms with E-state index in [2.05, 4.69) is 0 Å². The summed E-state index contributed by atoms with van der Waals surface area (Å²) < 4.78 is 44.0. The van der Waals surface area contributed by atoms with Gasteiger partial charge >= 0.3 is 0 Å². The molecule has 0 fully saturated rings. The van der Waals surface area contributed by atoms with Crippen LogP contribution < -0.4 is 0 Å². The second-order valence-electron chi connectivity index (χ2n) is 2.00. The van der Waals surface area contributed by atoms with Crippen molar-refractivity contribution in [3.8, 4) is 0 Å². The molecule has 0 unspecified atom stereocenters. The van der Waals surface area contributed by atoms with Crippen LogP contribution in [-0.2, 0) is 0 Å². The maximum absolute atomic E-state index is 8.74. The second kappa shape index (κ2) is 8.54. The molecule has 0 bridgehead atoms. The van der Waals surface area contributed by atoms with E-state index in [9.17, 15) is 0 Å². The zero-order valence-corrected chi connectivity index (χ0v) is 6.28. The Morgan fingerprint density at radius 3 is 2.90 bits per heavy atom. The molecule has 0 atom stereocenters. The molecule has 0 amide bonds. The first kappa shape index (κ1) is 3.29. The normalized spacial score (nSPS) is 24.5. The number of hydrogen-bond donors (Lipinski definition) is 1. The van der Waals surface area contributed by atoms with Crippen LogP contribution >= 0.6 is 0 Å². The zero-order chi connectivity index (χ0) is 13.0. The third-order valence-corrected chi connectivity index (χ3v) is 1.11. The summed E-state index contributed by atoms with van der Waals surface area (Å²) in [6.07, 6.45) is -3.91. The highest BCUT2D eigenvalue weighted by Gasteiger charge is 1.85. The zero-order valence-electron chi connectivity index (χ0n) is 12.3. The summed E-state index contributed by atoms with van der Waals surface area (Å²) in [5, 5.41) is 8.74. The maximum Gasteiger partial charge on any atom is 0.103 e. The second-order valence-corrected chi connectivity index (χ2v) is 2.00. The minimum absolute atomic E-state index is 0.0243. The van der Waals surface area contributed by atoms with Crippen molar-refractivity contribution in [2.24, 2.45) is 0 Å². The van der Waals surface area contributed by atoms with Gasteiger partial charge in [0.15, 0.2) is 0 Å². The number of hydrogen-bond acceptors (Lipinski definition) is 1. The predicted octanol–water partition coefficient (Wildman–Crippen LogP) is 3.42. The van der Waals surface area contributed by atoms with Crippen LogP contribution in [0.15, 0.2) is 12.3 Å². The smallest absolute Gasteiger partial charge is 0.103 e. The number of rotatable bonds is 6. The van der Waals surface area contributed by atoms with Gasteiger partial charge in [0.05, 0.1) is 7.61 Å². The van der Waals surface area contributed by atoms with Gasteiger partial charge in [0.25, 0.3) is 0 Å². The molecule has 0 spiro atoms. The van der Waals surface area contributed by atoms with Crippen LogP contribution in [0.2, 0.25) is 0 Å². The van der Waals surface area contributed by atoms with Gasteiger partial charge in [0, 0.05) is 5.48 Å². The standard InChI is InChI=1S/C9H18O/c1-2-3-4-5-6-7-8-9-10/h8-10H,2-7H2,1H3/i6D2,7D2,8D,9D. The summed E-state index contributed by atoms with van der Waals surface area (Å²) in [4.78, 5) is 0. The van der Waals surface area contributed by atoms with Gasteiger partial charge in [0.2, 0.25) is 0 Å². The number of aliphatic hydroxyl groups excluding tert-OH is 1. The lowest BCUT2D eigenvalue weighted by molar-refractivity contribution is 0.469. The third kappa shape index (κ3) is 7.54. The SMILES string of the molecule is [2H]C(O)=C([2H])C([2H])([2H])C([2H])([2H])CCCCC. The van der Waals surface area contributed by atoms with E-state index in [1.54, 1.807) is 0 Å². The topological polar surface area (TPSA) is 20.2 Å². The van der Waals surface area contributed by atoms with Crippen LogP contribution in [-0.4, -0.2) is 5.11 Å². The molecular weight excluding hydrogens is 124 g/mol. The van der Waals surface area contributed by atoms with Crippen LogP contribution in [0.25, 0.3) is 0 Å². The molecule has 1 nitrogen and oxygen atoms in total. The molecule has 10 heavy (non-hydrogen) atoms. The molecular formula is C9H18O. The van der Waals surface area contributed by atoms with Gasteiger partial charge in [-0.1, -0.05) is 38.7 Å². The van der Waals surface area contributed by atoms with Crippen molar-refractivity contribution in [2.75, 3.05) is 0 Å². The van der Waals surface area contributed by atoms with Crippen LogP contribution in [0.4, 0.5) is 0 Å². The molecule has 0 aromatic carbocycles. The van der Waals surface area contributed by atoms with Crippen LogP contribution in [0.1, 0.15) is 53.6 Å². The fourth-order valence-corrected chi connectivity index (χ4v) is 0.598. The van der Waals surface area contributed by atoms with Crippen molar-refractivity contribution in [2.45, 2.75) is 45.4 Å². The molecule has 0 saturated carbocycles. The summed E-state index contributed by atoms with van der Waals surface area (Å²) >= 11 is 0. The molecule has 0 radical (unpaired) electrons. The number of unbranched alkanes of at least 4 members (excludes halogenated alkanes) is 2. The Labute approximate surface area is 72.2 Å². The Morgan fingerprint density at radius 1 is 1.50 bits per heavy atom. The van der Waals surface area contributed by atoms with E-state index < -0.39 is 25.0 Å². The van der Waals surface area contributed by atoms with E-state index in [4.69, 9.17) is 13.3 Å². The summed E-state index contributed by atoms with van der Waals surface area (Å²) in [5.74, 6) is 0. The molecule has 60 valence electrons. The van der Waals surface area contributed by atoms with E-state index >= 15 is 0 Å². The van der Waals surface area contributed by atoms with E-state index in [-0.39, 0.29) is 6.42 Å². The van der Waals surface area contributed by atoms with Crippen molar-refractivity contribution in [3.63, 3.8) is 0 Å². The van der Waals surface area contributed by atoms with Gasteiger partial charge in [-0.05, 0) is 12.7 Å². The van der Waals surface area contributed by atoms with Gasteiger partial charge in [-0.15, -0.1) is 0 Å². The van der Waals surface area contributed by atoms with Gasteiger partial charge < -0.3 is 5.11 Å². The first-order valence-electron chi connectivity index (χ1n) is 6.53. The molecule has 0 aliphatic rings. The quantitative estimate of drug-likeness (QED) is 0.452. The average Bonchev–Trinajstić information content (AvgIpc) is 2.16. The predicted molar refractivity (Wildman–Crippen MR) is 45.1 cm³/mol. The van der Waals surface area contributed by atoms with Crippen LogP contribution in [0, 0.1) is 0 Å². The van der Waals surface area contributed by atoms with Crippen molar-refractivity contribution >= 4 is 0 Å². The van der Waals surface area contributed by atoms with E-state index in [0.29, 0.717) is 6.42 Å². The lowest BCUT2D eigenvalue weighted by Gasteiger charge is -1.94. The molecule has 0 saturated heterocycles. The number of aliphatic hydroxyl groups is 1. The minimum Gasteiger partial charge on any atom is -0.516 e. The summed E-state index contributed by atoms with van der Waals surface area (Å²) in [6.45, 7) is 1.95. The van der Waals surface area contributed by atoms with E-state index in [1.165, 1.54) is 0 Å². The highest BCUT2D eigenvalue weighted by atomic mass is 16.2. The monoisotopic (exact) mass is 148 g/mol.